The molecule has 0 aliphatic carbocycles. The van der Waals surface area contributed by atoms with Crippen LogP contribution in [0, 0.1) is 0 Å². The van der Waals surface area contributed by atoms with Gasteiger partial charge in [0.25, 0.3) is 0 Å². The molecular formula is C78H149NO5. The molecule has 2 unspecified atom stereocenters. The Hall–Kier alpha value is -1.92. The van der Waals surface area contributed by atoms with Crippen LogP contribution in [0.5, 0.6) is 0 Å². The van der Waals surface area contributed by atoms with Gasteiger partial charge in [0.2, 0.25) is 5.91 Å². The second kappa shape index (κ2) is 73.5. The van der Waals surface area contributed by atoms with E-state index in [9.17, 15) is 19.8 Å². The Bertz CT molecular complexity index is 1360. The zero-order valence-electron chi connectivity index (χ0n) is 56.9. The molecule has 0 fully saturated rings. The van der Waals surface area contributed by atoms with Crippen molar-refractivity contribution in [3.8, 4) is 0 Å². The summed E-state index contributed by atoms with van der Waals surface area (Å²) in [6.45, 7) is 4.97. The molecule has 0 aromatic heterocycles. The zero-order chi connectivity index (χ0) is 60.6. The Morgan fingerprint density at radius 1 is 0.333 bits per heavy atom. The van der Waals surface area contributed by atoms with Gasteiger partial charge in [-0.3, -0.25) is 9.59 Å². The number of hydrogen-bond donors (Lipinski definition) is 3. The molecule has 0 aliphatic heterocycles. The quantitative estimate of drug-likeness (QED) is 0.0320. The molecule has 1 amide bonds. The number of amides is 1. The number of hydrogen-bond acceptors (Lipinski definition) is 5. The third-order valence-corrected chi connectivity index (χ3v) is 17.9. The lowest BCUT2D eigenvalue weighted by atomic mass is 10.0. The summed E-state index contributed by atoms with van der Waals surface area (Å²) in [6.07, 6.45) is 95.0. The summed E-state index contributed by atoms with van der Waals surface area (Å²) in [5.41, 5.74) is 0. The van der Waals surface area contributed by atoms with Crippen LogP contribution in [-0.4, -0.2) is 47.4 Å². The predicted octanol–water partition coefficient (Wildman–Crippen LogP) is 25.0. The maximum Gasteiger partial charge on any atom is 0.305 e. The van der Waals surface area contributed by atoms with Gasteiger partial charge in [0.15, 0.2) is 0 Å². The van der Waals surface area contributed by atoms with E-state index in [1.807, 2.05) is 0 Å². The number of aliphatic hydroxyl groups excluding tert-OH is 2. The van der Waals surface area contributed by atoms with Crippen LogP contribution in [-0.2, 0) is 14.3 Å². The zero-order valence-corrected chi connectivity index (χ0v) is 56.9. The molecule has 0 bridgehead atoms. The first-order valence-electron chi connectivity index (χ1n) is 38.2. The minimum absolute atomic E-state index is 0.00372. The number of carbonyl (C=O) groups excluding carboxylic acids is 2. The molecule has 496 valence electrons. The van der Waals surface area contributed by atoms with Crippen molar-refractivity contribution in [1.82, 2.24) is 5.32 Å². The van der Waals surface area contributed by atoms with Crippen molar-refractivity contribution < 1.29 is 24.5 Å². The van der Waals surface area contributed by atoms with Crippen LogP contribution in [0.15, 0.2) is 36.5 Å². The number of unbranched alkanes of at least 4 members (excludes halogenated alkanes) is 55. The maximum atomic E-state index is 12.6. The standard InChI is InChI=1S/C78H149NO5/c1-3-5-7-9-11-13-15-17-19-21-22-23-33-36-39-42-46-50-54-58-62-66-70-76(81)75(74-80)79-77(82)71-67-63-59-55-51-47-43-40-37-34-31-29-27-25-24-26-28-30-32-35-38-41-45-49-53-57-61-65-69-73-84-78(83)72-68-64-60-56-52-48-44-20-18-16-14-12-10-8-6-4-2/h14,16,20,24,26,44,75-76,80-81H,3-13,15,17-19,21-23,25,27-43,45-74H2,1-2H3,(H,79,82)/b16-14-,26-24-,44-20-. The van der Waals surface area contributed by atoms with E-state index in [0.717, 1.165) is 51.4 Å². The molecule has 0 rings (SSSR count). The van der Waals surface area contributed by atoms with Gasteiger partial charge >= 0.3 is 5.97 Å². The first-order valence-corrected chi connectivity index (χ1v) is 38.2. The lowest BCUT2D eigenvalue weighted by Crippen LogP contribution is -2.45. The van der Waals surface area contributed by atoms with Crippen LogP contribution in [0.3, 0.4) is 0 Å². The SMILES string of the molecule is CCCCCC/C=C\C/C=C\CCCCCCCC(=O)OCCCCCCCCCCCCCC/C=C\CCCCCCCCCCCCCCCC(=O)NC(CO)C(O)CCCCCCCCCCCCCCCCCCCCCCCC. The molecule has 0 saturated heterocycles. The Labute approximate surface area is 525 Å². The Morgan fingerprint density at radius 2 is 0.595 bits per heavy atom. The minimum Gasteiger partial charge on any atom is -0.466 e. The molecule has 0 aromatic carbocycles. The van der Waals surface area contributed by atoms with Gasteiger partial charge in [0.05, 0.1) is 25.4 Å². The first-order chi connectivity index (χ1) is 41.5. The molecule has 6 nitrogen and oxygen atoms in total. The van der Waals surface area contributed by atoms with Crippen LogP contribution >= 0.6 is 0 Å². The lowest BCUT2D eigenvalue weighted by Gasteiger charge is -2.22. The highest BCUT2D eigenvalue weighted by molar-refractivity contribution is 5.76. The molecule has 6 heteroatoms. The Kier molecular flexibility index (Phi) is 71.9. The second-order valence-electron chi connectivity index (χ2n) is 26.3. The third-order valence-electron chi connectivity index (χ3n) is 17.9. The fourth-order valence-electron chi connectivity index (χ4n) is 12.1. The van der Waals surface area contributed by atoms with Gasteiger partial charge in [-0.1, -0.05) is 365 Å². The van der Waals surface area contributed by atoms with E-state index in [1.165, 1.54) is 340 Å². The summed E-state index contributed by atoms with van der Waals surface area (Å²) < 4.78 is 5.49. The minimum atomic E-state index is -0.665. The highest BCUT2D eigenvalue weighted by atomic mass is 16.5. The number of allylic oxidation sites excluding steroid dienone is 6. The summed E-state index contributed by atoms with van der Waals surface area (Å²) in [5, 5.41) is 23.5. The number of nitrogens with one attached hydrogen (secondary N) is 1. The molecule has 0 heterocycles. The number of ether oxygens (including phenoxy) is 1. The molecule has 84 heavy (non-hydrogen) atoms. The lowest BCUT2D eigenvalue weighted by molar-refractivity contribution is -0.143. The van der Waals surface area contributed by atoms with Gasteiger partial charge in [-0.05, 0) is 83.5 Å². The van der Waals surface area contributed by atoms with Crippen LogP contribution < -0.4 is 5.32 Å². The number of esters is 1. The van der Waals surface area contributed by atoms with Gasteiger partial charge < -0.3 is 20.3 Å². The molecule has 0 aromatic rings. The van der Waals surface area contributed by atoms with E-state index in [2.05, 4.69) is 55.6 Å². The van der Waals surface area contributed by atoms with Gasteiger partial charge in [0.1, 0.15) is 0 Å². The normalized spacial score (nSPS) is 12.7. The van der Waals surface area contributed by atoms with Crippen LogP contribution in [0.1, 0.15) is 425 Å². The number of carbonyl (C=O) groups is 2. The predicted molar refractivity (Wildman–Crippen MR) is 370 cm³/mol. The van der Waals surface area contributed by atoms with Crippen LogP contribution in [0.4, 0.5) is 0 Å². The van der Waals surface area contributed by atoms with Gasteiger partial charge in [-0.2, -0.15) is 0 Å². The van der Waals surface area contributed by atoms with Gasteiger partial charge in [-0.25, -0.2) is 0 Å². The first kappa shape index (κ1) is 82.1. The van der Waals surface area contributed by atoms with Crippen molar-refractivity contribution in [2.24, 2.45) is 0 Å². The molecule has 0 aliphatic rings. The monoisotopic (exact) mass is 1180 g/mol. The summed E-state index contributed by atoms with van der Waals surface area (Å²) in [5.74, 6) is -0.0258. The van der Waals surface area contributed by atoms with E-state index in [0.29, 0.717) is 25.9 Å². The smallest absolute Gasteiger partial charge is 0.305 e. The Balaban J connectivity index is 3.38. The Morgan fingerprint density at radius 3 is 0.929 bits per heavy atom. The van der Waals surface area contributed by atoms with Crippen molar-refractivity contribution in [3.63, 3.8) is 0 Å². The van der Waals surface area contributed by atoms with Crippen LogP contribution in [0.25, 0.3) is 0 Å². The fraction of sp³-hybridized carbons (Fsp3) is 0.897. The second-order valence-corrected chi connectivity index (χ2v) is 26.3. The summed E-state index contributed by atoms with van der Waals surface area (Å²) >= 11 is 0. The summed E-state index contributed by atoms with van der Waals surface area (Å²) in [4.78, 5) is 24.6. The summed E-state index contributed by atoms with van der Waals surface area (Å²) in [7, 11) is 0. The third kappa shape index (κ3) is 69.2. The highest BCUT2D eigenvalue weighted by Gasteiger charge is 2.20. The van der Waals surface area contributed by atoms with Crippen molar-refractivity contribution >= 4 is 11.9 Å². The van der Waals surface area contributed by atoms with E-state index in [4.69, 9.17) is 4.74 Å². The molecular weight excluding hydrogens is 1030 g/mol. The fourth-order valence-corrected chi connectivity index (χ4v) is 12.1. The molecule has 0 saturated carbocycles. The van der Waals surface area contributed by atoms with Gasteiger partial charge in [-0.15, -0.1) is 0 Å². The van der Waals surface area contributed by atoms with Crippen molar-refractivity contribution in [2.75, 3.05) is 13.2 Å². The average Bonchev–Trinajstić information content (AvgIpc) is 3.51. The summed E-state index contributed by atoms with van der Waals surface area (Å²) in [6, 6.07) is -0.542. The number of aliphatic hydroxyl groups is 2. The van der Waals surface area contributed by atoms with Crippen LogP contribution in [0.2, 0.25) is 0 Å². The van der Waals surface area contributed by atoms with E-state index >= 15 is 0 Å². The topological polar surface area (TPSA) is 95.9 Å². The van der Waals surface area contributed by atoms with Crippen molar-refractivity contribution in [2.45, 2.75) is 437 Å². The highest BCUT2D eigenvalue weighted by Crippen LogP contribution is 2.19. The van der Waals surface area contributed by atoms with E-state index in [1.54, 1.807) is 0 Å². The van der Waals surface area contributed by atoms with Gasteiger partial charge in [0, 0.05) is 12.8 Å². The molecule has 0 radical (unpaired) electrons. The van der Waals surface area contributed by atoms with E-state index in [-0.39, 0.29) is 18.5 Å². The average molecular weight is 1180 g/mol. The van der Waals surface area contributed by atoms with E-state index < -0.39 is 12.1 Å². The van der Waals surface area contributed by atoms with Crippen molar-refractivity contribution in [1.29, 1.82) is 0 Å². The molecule has 3 N–H and O–H groups in total. The maximum absolute atomic E-state index is 12.6. The largest absolute Gasteiger partial charge is 0.466 e. The van der Waals surface area contributed by atoms with Crippen molar-refractivity contribution in [3.05, 3.63) is 36.5 Å². The number of rotatable bonds is 72. The molecule has 2 atom stereocenters. The molecule has 0 spiro atoms.